The average molecular weight is 284 g/mol. The summed E-state index contributed by atoms with van der Waals surface area (Å²) in [5.41, 5.74) is 7.62. The molecule has 0 spiro atoms. The molecule has 4 aliphatic rings. The number of benzene rings is 1. The van der Waals surface area contributed by atoms with Crippen LogP contribution in [0, 0.1) is 23.2 Å². The Kier molecular flexibility index (Phi) is 2.98. The van der Waals surface area contributed by atoms with Crippen molar-refractivity contribution in [1.82, 2.24) is 0 Å². The number of para-hydroxylation sites is 2. The van der Waals surface area contributed by atoms with Crippen molar-refractivity contribution in [3.05, 3.63) is 24.3 Å². The van der Waals surface area contributed by atoms with Crippen LogP contribution in [0.4, 0.5) is 11.4 Å². The molecule has 0 aromatic heterocycles. The van der Waals surface area contributed by atoms with E-state index in [-0.39, 0.29) is 5.91 Å². The Labute approximate surface area is 126 Å². The predicted octanol–water partition coefficient (Wildman–Crippen LogP) is 3.81. The van der Waals surface area contributed by atoms with Crippen molar-refractivity contribution in [2.24, 2.45) is 23.2 Å². The summed E-state index contributed by atoms with van der Waals surface area (Å²) in [6.45, 7) is 0. The van der Waals surface area contributed by atoms with Gasteiger partial charge in [-0.25, -0.2) is 0 Å². The highest BCUT2D eigenvalue weighted by Crippen LogP contribution is 2.61. The third-order valence-electron chi connectivity index (χ3n) is 5.94. The summed E-state index contributed by atoms with van der Waals surface area (Å²) >= 11 is 0. The van der Waals surface area contributed by atoms with E-state index in [1.54, 1.807) is 0 Å². The van der Waals surface area contributed by atoms with Crippen LogP contribution in [0.25, 0.3) is 0 Å². The van der Waals surface area contributed by atoms with Gasteiger partial charge in [-0.2, -0.15) is 0 Å². The Balaban J connectivity index is 1.46. The van der Waals surface area contributed by atoms with Gasteiger partial charge in [-0.15, -0.1) is 0 Å². The topological polar surface area (TPSA) is 55.1 Å². The fourth-order valence-electron chi connectivity index (χ4n) is 5.65. The molecule has 1 aromatic carbocycles. The van der Waals surface area contributed by atoms with Crippen LogP contribution >= 0.6 is 0 Å². The van der Waals surface area contributed by atoms with E-state index in [0.29, 0.717) is 17.5 Å². The Morgan fingerprint density at radius 1 is 1.10 bits per heavy atom. The molecule has 0 radical (unpaired) electrons. The molecule has 5 rings (SSSR count). The van der Waals surface area contributed by atoms with E-state index < -0.39 is 0 Å². The van der Waals surface area contributed by atoms with Crippen LogP contribution in [0.1, 0.15) is 44.9 Å². The predicted molar refractivity (Wildman–Crippen MR) is 84.7 cm³/mol. The van der Waals surface area contributed by atoms with Gasteiger partial charge in [0, 0.05) is 6.42 Å². The van der Waals surface area contributed by atoms with E-state index in [2.05, 4.69) is 5.32 Å². The maximum Gasteiger partial charge on any atom is 0.224 e. The van der Waals surface area contributed by atoms with Gasteiger partial charge in [0.2, 0.25) is 5.91 Å². The van der Waals surface area contributed by atoms with Crippen molar-refractivity contribution < 1.29 is 4.79 Å². The standard InChI is InChI=1S/C18H24N2O/c19-15-3-1-2-4-16(15)20-17(21)11-18-8-12-5-13(9-18)7-14(6-12)10-18/h1-4,12-14H,5-11,19H2,(H,20,21). The number of carbonyl (C=O) groups excluding carboxylic acids is 1. The molecule has 0 aliphatic heterocycles. The number of anilines is 2. The summed E-state index contributed by atoms with van der Waals surface area (Å²) in [5.74, 6) is 2.83. The SMILES string of the molecule is Nc1ccccc1NC(=O)CC12CC3CC(CC(C3)C1)C2. The third kappa shape index (κ3) is 2.43. The molecule has 4 aliphatic carbocycles. The van der Waals surface area contributed by atoms with Crippen molar-refractivity contribution in [1.29, 1.82) is 0 Å². The molecule has 3 heteroatoms. The first-order chi connectivity index (χ1) is 10.1. The Morgan fingerprint density at radius 2 is 1.67 bits per heavy atom. The largest absolute Gasteiger partial charge is 0.397 e. The minimum Gasteiger partial charge on any atom is -0.397 e. The van der Waals surface area contributed by atoms with Gasteiger partial charge < -0.3 is 11.1 Å². The maximum atomic E-state index is 12.5. The monoisotopic (exact) mass is 284 g/mol. The fourth-order valence-corrected chi connectivity index (χ4v) is 5.65. The summed E-state index contributed by atoms with van der Waals surface area (Å²) in [7, 11) is 0. The first-order valence-electron chi connectivity index (χ1n) is 8.26. The van der Waals surface area contributed by atoms with Crippen molar-refractivity contribution in [2.45, 2.75) is 44.9 Å². The number of nitrogens with two attached hydrogens (primary N) is 1. The molecule has 4 bridgehead atoms. The molecule has 1 amide bonds. The van der Waals surface area contributed by atoms with Crippen LogP contribution in [-0.4, -0.2) is 5.91 Å². The van der Waals surface area contributed by atoms with Gasteiger partial charge in [-0.1, -0.05) is 12.1 Å². The van der Waals surface area contributed by atoms with Gasteiger partial charge in [-0.3, -0.25) is 4.79 Å². The van der Waals surface area contributed by atoms with E-state index in [1.807, 2.05) is 24.3 Å². The Bertz CT molecular complexity index is 531. The molecule has 0 unspecified atom stereocenters. The van der Waals surface area contributed by atoms with Gasteiger partial charge in [0.25, 0.3) is 0 Å². The van der Waals surface area contributed by atoms with Crippen molar-refractivity contribution in [3.63, 3.8) is 0 Å². The summed E-state index contributed by atoms with van der Waals surface area (Å²) in [5, 5.41) is 3.02. The quantitative estimate of drug-likeness (QED) is 0.829. The fraction of sp³-hybridized carbons (Fsp3) is 0.611. The maximum absolute atomic E-state index is 12.5. The molecule has 21 heavy (non-hydrogen) atoms. The van der Waals surface area contributed by atoms with Crippen molar-refractivity contribution in [3.8, 4) is 0 Å². The number of nitrogen functional groups attached to an aromatic ring is 1. The third-order valence-corrected chi connectivity index (χ3v) is 5.94. The van der Waals surface area contributed by atoms with Gasteiger partial charge in [0.05, 0.1) is 11.4 Å². The molecule has 3 nitrogen and oxygen atoms in total. The summed E-state index contributed by atoms with van der Waals surface area (Å²) in [6, 6.07) is 7.52. The zero-order chi connectivity index (χ0) is 14.4. The van der Waals surface area contributed by atoms with Gasteiger partial charge in [-0.05, 0) is 73.8 Å². The molecule has 0 atom stereocenters. The first-order valence-corrected chi connectivity index (χ1v) is 8.26. The first kappa shape index (κ1) is 13.2. The average Bonchev–Trinajstić information content (AvgIpc) is 2.39. The molecule has 0 heterocycles. The normalized spacial score (nSPS) is 36.7. The number of rotatable bonds is 3. The Morgan fingerprint density at radius 3 is 2.24 bits per heavy atom. The summed E-state index contributed by atoms with van der Waals surface area (Å²) < 4.78 is 0. The summed E-state index contributed by atoms with van der Waals surface area (Å²) in [4.78, 5) is 12.5. The second kappa shape index (κ2) is 4.75. The molecule has 4 saturated carbocycles. The molecular formula is C18H24N2O. The van der Waals surface area contributed by atoms with E-state index in [0.717, 1.165) is 23.4 Å². The van der Waals surface area contributed by atoms with Crippen LogP contribution in [-0.2, 0) is 4.79 Å². The molecule has 1 aromatic rings. The lowest BCUT2D eigenvalue weighted by Crippen LogP contribution is -2.47. The zero-order valence-electron chi connectivity index (χ0n) is 12.5. The number of nitrogens with one attached hydrogen (secondary N) is 1. The van der Waals surface area contributed by atoms with Crippen molar-refractivity contribution in [2.75, 3.05) is 11.1 Å². The van der Waals surface area contributed by atoms with E-state index in [9.17, 15) is 4.79 Å². The lowest BCUT2D eigenvalue weighted by atomic mass is 9.49. The van der Waals surface area contributed by atoms with Gasteiger partial charge >= 0.3 is 0 Å². The van der Waals surface area contributed by atoms with Crippen LogP contribution < -0.4 is 11.1 Å². The lowest BCUT2D eigenvalue weighted by molar-refractivity contribution is -0.124. The highest BCUT2D eigenvalue weighted by molar-refractivity contribution is 5.94. The lowest BCUT2D eigenvalue weighted by Gasteiger charge is -2.56. The van der Waals surface area contributed by atoms with Crippen molar-refractivity contribution >= 4 is 17.3 Å². The number of amides is 1. The minimum absolute atomic E-state index is 0.148. The number of carbonyl (C=O) groups is 1. The smallest absolute Gasteiger partial charge is 0.224 e. The molecule has 3 N–H and O–H groups in total. The van der Waals surface area contributed by atoms with Gasteiger partial charge in [0.1, 0.15) is 0 Å². The number of hydrogen-bond donors (Lipinski definition) is 2. The van der Waals surface area contributed by atoms with E-state index in [4.69, 9.17) is 5.73 Å². The highest BCUT2D eigenvalue weighted by atomic mass is 16.1. The zero-order valence-corrected chi connectivity index (χ0v) is 12.5. The van der Waals surface area contributed by atoms with E-state index in [1.165, 1.54) is 38.5 Å². The molecule has 0 saturated heterocycles. The van der Waals surface area contributed by atoms with Gasteiger partial charge in [0.15, 0.2) is 0 Å². The van der Waals surface area contributed by atoms with Crippen LogP contribution in [0.5, 0.6) is 0 Å². The van der Waals surface area contributed by atoms with Crippen LogP contribution in [0.15, 0.2) is 24.3 Å². The van der Waals surface area contributed by atoms with E-state index >= 15 is 0 Å². The Hall–Kier alpha value is -1.51. The second-order valence-corrected chi connectivity index (χ2v) is 7.73. The highest BCUT2D eigenvalue weighted by Gasteiger charge is 2.51. The second-order valence-electron chi connectivity index (χ2n) is 7.73. The minimum atomic E-state index is 0.148. The molecule has 4 fully saturated rings. The molecular weight excluding hydrogens is 260 g/mol. The summed E-state index contributed by atoms with van der Waals surface area (Å²) in [6.07, 6.45) is 8.78. The van der Waals surface area contributed by atoms with Crippen LogP contribution in [0.2, 0.25) is 0 Å². The molecule has 112 valence electrons. The van der Waals surface area contributed by atoms with Crippen LogP contribution in [0.3, 0.4) is 0 Å². The number of hydrogen-bond acceptors (Lipinski definition) is 2.